The van der Waals surface area contributed by atoms with E-state index >= 15 is 0 Å². The first-order valence-corrected chi connectivity index (χ1v) is 4.94. The Bertz CT molecular complexity index is 440. The fourth-order valence-electron chi connectivity index (χ4n) is 1.28. The molecule has 0 fully saturated rings. The Morgan fingerprint density at radius 1 is 1.62 bits per heavy atom. The summed E-state index contributed by atoms with van der Waals surface area (Å²) in [7, 11) is 3.09. The maximum atomic E-state index is 11.1. The Labute approximate surface area is 99.0 Å². The number of nitriles is 1. The van der Waals surface area contributed by atoms with Crippen molar-refractivity contribution in [3.8, 4) is 11.8 Å². The minimum absolute atomic E-state index is 0.288. The van der Waals surface area contributed by atoms with Gasteiger partial charge in [0.05, 0.1) is 13.7 Å². The third kappa shape index (κ3) is 2.88. The maximum absolute atomic E-state index is 11.1. The molecule has 1 aromatic rings. The molecule has 1 rings (SSSR count). The van der Waals surface area contributed by atoms with Gasteiger partial charge >= 0.3 is 5.91 Å². The number of benzene rings is 1. The number of amides is 1. The van der Waals surface area contributed by atoms with Crippen molar-refractivity contribution < 1.29 is 9.53 Å². The Hall–Kier alpha value is -1.73. The first-order valence-electron chi connectivity index (χ1n) is 4.56. The number of hydrogen-bond donors (Lipinski definition) is 0. The highest BCUT2D eigenvalue weighted by atomic mass is 35.5. The molecular formula is C11H11ClN2O2. The van der Waals surface area contributed by atoms with Crippen LogP contribution in [-0.2, 0) is 11.3 Å². The molecule has 16 heavy (non-hydrogen) atoms. The monoisotopic (exact) mass is 238 g/mol. The molecule has 0 saturated carbocycles. The second kappa shape index (κ2) is 5.38. The van der Waals surface area contributed by atoms with E-state index in [2.05, 4.69) is 0 Å². The summed E-state index contributed by atoms with van der Waals surface area (Å²) in [6.45, 7) is 0.288. The van der Waals surface area contributed by atoms with E-state index in [1.807, 2.05) is 0 Å². The van der Waals surface area contributed by atoms with Gasteiger partial charge in [-0.3, -0.25) is 4.79 Å². The van der Waals surface area contributed by atoms with E-state index in [1.54, 1.807) is 38.4 Å². The highest BCUT2D eigenvalue weighted by Gasteiger charge is 2.11. The third-order valence-electron chi connectivity index (χ3n) is 2.09. The Kier molecular flexibility index (Phi) is 4.15. The number of rotatable bonds is 3. The summed E-state index contributed by atoms with van der Waals surface area (Å²) in [4.78, 5) is 12.4. The molecule has 0 atom stereocenters. The molecule has 84 valence electrons. The molecule has 0 aliphatic heterocycles. The van der Waals surface area contributed by atoms with E-state index in [9.17, 15) is 4.79 Å². The molecule has 1 amide bonds. The molecule has 0 unspecified atom stereocenters. The van der Waals surface area contributed by atoms with Gasteiger partial charge in [0.2, 0.25) is 0 Å². The van der Waals surface area contributed by atoms with Crippen LogP contribution in [0.4, 0.5) is 0 Å². The topological polar surface area (TPSA) is 53.3 Å². The van der Waals surface area contributed by atoms with Crippen molar-refractivity contribution in [1.82, 2.24) is 4.90 Å². The average molecular weight is 239 g/mol. The van der Waals surface area contributed by atoms with Gasteiger partial charge < -0.3 is 9.64 Å². The van der Waals surface area contributed by atoms with Crippen LogP contribution in [0.3, 0.4) is 0 Å². The molecule has 0 radical (unpaired) electrons. The lowest BCUT2D eigenvalue weighted by Gasteiger charge is -2.15. The minimum Gasteiger partial charge on any atom is -0.496 e. The van der Waals surface area contributed by atoms with Crippen LogP contribution >= 0.6 is 11.6 Å². The predicted octanol–water partition coefficient (Wildman–Crippen LogP) is 1.83. The van der Waals surface area contributed by atoms with E-state index in [0.29, 0.717) is 10.8 Å². The van der Waals surface area contributed by atoms with Crippen LogP contribution in [-0.4, -0.2) is 25.0 Å². The average Bonchev–Trinajstić information content (AvgIpc) is 2.28. The maximum Gasteiger partial charge on any atom is 0.325 e. The lowest BCUT2D eigenvalue weighted by molar-refractivity contribution is -0.124. The number of carbonyl (C=O) groups excluding carboxylic acids is 1. The number of ether oxygens (including phenoxy) is 1. The number of hydrogen-bond acceptors (Lipinski definition) is 3. The van der Waals surface area contributed by atoms with Crippen LogP contribution in [0.1, 0.15) is 5.56 Å². The highest BCUT2D eigenvalue weighted by Crippen LogP contribution is 2.23. The largest absolute Gasteiger partial charge is 0.496 e. The second-order valence-corrected chi connectivity index (χ2v) is 3.67. The molecular weight excluding hydrogens is 228 g/mol. The fraction of sp³-hybridized carbons (Fsp3) is 0.273. The summed E-state index contributed by atoms with van der Waals surface area (Å²) >= 11 is 5.85. The van der Waals surface area contributed by atoms with E-state index in [0.717, 1.165) is 5.56 Å². The van der Waals surface area contributed by atoms with Gasteiger partial charge in [0, 0.05) is 17.6 Å². The Morgan fingerprint density at radius 2 is 2.31 bits per heavy atom. The van der Waals surface area contributed by atoms with E-state index in [4.69, 9.17) is 21.6 Å². The molecule has 5 heteroatoms. The van der Waals surface area contributed by atoms with Gasteiger partial charge in [-0.25, -0.2) is 0 Å². The standard InChI is InChI=1S/C11H11ClN2O2/c1-14(11(15)6-13)7-8-5-9(12)3-4-10(8)16-2/h3-5H,7H2,1-2H3. The Balaban J connectivity index is 2.92. The number of nitrogens with zero attached hydrogens (tertiary/aromatic N) is 2. The smallest absolute Gasteiger partial charge is 0.325 e. The molecule has 0 saturated heterocycles. The van der Waals surface area contributed by atoms with Crippen molar-refractivity contribution in [2.75, 3.05) is 14.2 Å². The zero-order valence-corrected chi connectivity index (χ0v) is 9.78. The quantitative estimate of drug-likeness (QED) is 0.755. The highest BCUT2D eigenvalue weighted by molar-refractivity contribution is 6.30. The molecule has 0 spiro atoms. The van der Waals surface area contributed by atoms with Crippen molar-refractivity contribution in [1.29, 1.82) is 5.26 Å². The van der Waals surface area contributed by atoms with Gasteiger partial charge in [-0.1, -0.05) is 11.6 Å². The SMILES string of the molecule is COc1ccc(Cl)cc1CN(C)C(=O)C#N. The Morgan fingerprint density at radius 3 is 2.88 bits per heavy atom. The fourth-order valence-corrected chi connectivity index (χ4v) is 1.48. The second-order valence-electron chi connectivity index (χ2n) is 3.23. The van der Waals surface area contributed by atoms with Crippen LogP contribution in [0.25, 0.3) is 0 Å². The van der Waals surface area contributed by atoms with Gasteiger partial charge in [0.15, 0.2) is 6.07 Å². The molecule has 0 aliphatic carbocycles. The first kappa shape index (κ1) is 12.3. The summed E-state index contributed by atoms with van der Waals surface area (Å²) in [5, 5.41) is 9.03. The number of halogens is 1. The van der Waals surface area contributed by atoms with Crippen LogP contribution in [0.2, 0.25) is 5.02 Å². The van der Waals surface area contributed by atoms with E-state index in [1.165, 1.54) is 4.90 Å². The summed E-state index contributed by atoms with van der Waals surface area (Å²) in [6, 6.07) is 6.69. The van der Waals surface area contributed by atoms with Gasteiger partial charge in [-0.15, -0.1) is 0 Å². The summed E-state index contributed by atoms with van der Waals surface area (Å²) in [6.07, 6.45) is 0. The molecule has 4 nitrogen and oxygen atoms in total. The number of methoxy groups -OCH3 is 1. The van der Waals surface area contributed by atoms with Crippen molar-refractivity contribution >= 4 is 17.5 Å². The van der Waals surface area contributed by atoms with E-state index in [-0.39, 0.29) is 6.54 Å². The molecule has 0 heterocycles. The van der Waals surface area contributed by atoms with Crippen LogP contribution in [0.5, 0.6) is 5.75 Å². The summed E-state index contributed by atoms with van der Waals surface area (Å²) in [5.74, 6) is 0.0454. The molecule has 1 aromatic carbocycles. The molecule has 0 aromatic heterocycles. The van der Waals surface area contributed by atoms with Crippen molar-refractivity contribution in [2.24, 2.45) is 0 Å². The normalized spacial score (nSPS) is 9.38. The van der Waals surface area contributed by atoms with Gasteiger partial charge in [0.25, 0.3) is 0 Å². The van der Waals surface area contributed by atoms with Crippen LogP contribution < -0.4 is 4.74 Å². The predicted molar refractivity (Wildman–Crippen MR) is 60.1 cm³/mol. The lowest BCUT2D eigenvalue weighted by Crippen LogP contribution is -2.24. The van der Waals surface area contributed by atoms with Gasteiger partial charge in [0.1, 0.15) is 5.75 Å². The number of carbonyl (C=O) groups is 1. The van der Waals surface area contributed by atoms with Crippen LogP contribution in [0, 0.1) is 11.3 Å². The minimum atomic E-state index is -0.595. The molecule has 0 N–H and O–H groups in total. The molecule has 0 aliphatic rings. The zero-order chi connectivity index (χ0) is 12.1. The van der Waals surface area contributed by atoms with Crippen molar-refractivity contribution in [2.45, 2.75) is 6.54 Å². The van der Waals surface area contributed by atoms with Crippen molar-refractivity contribution in [3.05, 3.63) is 28.8 Å². The van der Waals surface area contributed by atoms with Gasteiger partial charge in [-0.2, -0.15) is 5.26 Å². The lowest BCUT2D eigenvalue weighted by atomic mass is 10.2. The van der Waals surface area contributed by atoms with Crippen molar-refractivity contribution in [3.63, 3.8) is 0 Å². The summed E-state index contributed by atoms with van der Waals surface area (Å²) in [5.41, 5.74) is 0.765. The van der Waals surface area contributed by atoms with Gasteiger partial charge in [-0.05, 0) is 18.2 Å². The van der Waals surface area contributed by atoms with Crippen LogP contribution in [0.15, 0.2) is 18.2 Å². The molecule has 0 bridgehead atoms. The summed E-state index contributed by atoms with van der Waals surface area (Å²) < 4.78 is 5.14. The first-order chi connectivity index (χ1) is 7.58. The van der Waals surface area contributed by atoms with E-state index < -0.39 is 5.91 Å². The zero-order valence-electron chi connectivity index (χ0n) is 9.03. The third-order valence-corrected chi connectivity index (χ3v) is 2.33.